The van der Waals surface area contributed by atoms with Gasteiger partial charge in [-0.2, -0.15) is 5.10 Å². The highest BCUT2D eigenvalue weighted by atomic mass is 32.1. The second-order valence-electron chi connectivity index (χ2n) is 3.69. The number of hydrogen-bond donors (Lipinski definition) is 0. The van der Waals surface area contributed by atoms with Crippen LogP contribution in [0.15, 0.2) is 23.7 Å². The lowest BCUT2D eigenvalue weighted by Gasteiger charge is -2.23. The average molecular weight is 220 g/mol. The van der Waals surface area contributed by atoms with Crippen LogP contribution in [0.3, 0.4) is 0 Å². The van der Waals surface area contributed by atoms with Gasteiger partial charge < -0.3 is 4.74 Å². The molecule has 4 heteroatoms. The van der Waals surface area contributed by atoms with Crippen LogP contribution in [-0.2, 0) is 18.2 Å². The van der Waals surface area contributed by atoms with Gasteiger partial charge in [-0.3, -0.25) is 4.68 Å². The van der Waals surface area contributed by atoms with Crippen molar-refractivity contribution in [2.45, 2.75) is 12.5 Å². The minimum absolute atomic E-state index is 0.0845. The SMILES string of the molecule is Cn1nccc1C1OCCc2ccsc21. The molecule has 1 atom stereocenters. The maximum atomic E-state index is 5.84. The van der Waals surface area contributed by atoms with Crippen LogP contribution in [0.4, 0.5) is 0 Å². The second kappa shape index (κ2) is 3.47. The van der Waals surface area contributed by atoms with Crippen LogP contribution in [0.2, 0.25) is 0 Å². The van der Waals surface area contributed by atoms with Gasteiger partial charge >= 0.3 is 0 Å². The largest absolute Gasteiger partial charge is 0.366 e. The quantitative estimate of drug-likeness (QED) is 0.736. The fourth-order valence-corrected chi connectivity index (χ4v) is 3.02. The van der Waals surface area contributed by atoms with Crippen LogP contribution >= 0.6 is 11.3 Å². The van der Waals surface area contributed by atoms with Gasteiger partial charge in [-0.25, -0.2) is 0 Å². The lowest BCUT2D eigenvalue weighted by atomic mass is 10.1. The highest BCUT2D eigenvalue weighted by Gasteiger charge is 2.25. The summed E-state index contributed by atoms with van der Waals surface area (Å²) in [5.74, 6) is 0. The van der Waals surface area contributed by atoms with E-state index in [1.165, 1.54) is 10.4 Å². The predicted octanol–water partition coefficient (Wildman–Crippen LogP) is 2.14. The first-order valence-electron chi connectivity index (χ1n) is 5.02. The zero-order valence-electron chi connectivity index (χ0n) is 8.51. The first-order valence-corrected chi connectivity index (χ1v) is 5.90. The van der Waals surface area contributed by atoms with Gasteiger partial charge in [0.2, 0.25) is 0 Å². The highest BCUT2D eigenvalue weighted by Crippen LogP contribution is 2.35. The second-order valence-corrected chi connectivity index (χ2v) is 4.64. The third-order valence-electron chi connectivity index (χ3n) is 2.80. The smallest absolute Gasteiger partial charge is 0.133 e. The van der Waals surface area contributed by atoms with Crippen molar-refractivity contribution in [1.29, 1.82) is 0 Å². The van der Waals surface area contributed by atoms with Crippen molar-refractivity contribution < 1.29 is 4.74 Å². The third kappa shape index (κ3) is 1.41. The Kier molecular flexibility index (Phi) is 2.11. The Morgan fingerprint density at radius 3 is 3.27 bits per heavy atom. The normalized spacial score (nSPS) is 20.2. The first kappa shape index (κ1) is 9.12. The molecule has 0 aliphatic carbocycles. The van der Waals surface area contributed by atoms with E-state index in [4.69, 9.17) is 4.74 Å². The topological polar surface area (TPSA) is 27.1 Å². The van der Waals surface area contributed by atoms with E-state index >= 15 is 0 Å². The summed E-state index contributed by atoms with van der Waals surface area (Å²) in [5, 5.41) is 6.33. The van der Waals surface area contributed by atoms with Crippen LogP contribution in [0.5, 0.6) is 0 Å². The molecule has 0 aromatic carbocycles. The van der Waals surface area contributed by atoms with Crippen LogP contribution in [0.25, 0.3) is 0 Å². The third-order valence-corrected chi connectivity index (χ3v) is 3.80. The number of nitrogens with zero attached hydrogens (tertiary/aromatic N) is 2. The molecule has 3 rings (SSSR count). The zero-order chi connectivity index (χ0) is 10.3. The van der Waals surface area contributed by atoms with E-state index in [1.807, 2.05) is 24.0 Å². The van der Waals surface area contributed by atoms with Crippen molar-refractivity contribution >= 4 is 11.3 Å². The minimum atomic E-state index is 0.0845. The van der Waals surface area contributed by atoms with Crippen LogP contribution in [-0.4, -0.2) is 16.4 Å². The molecular formula is C11H12N2OS. The Hall–Kier alpha value is -1.13. The summed E-state index contributed by atoms with van der Waals surface area (Å²) in [6, 6.07) is 4.23. The Balaban J connectivity index is 2.07. The van der Waals surface area contributed by atoms with Gasteiger partial charge in [-0.1, -0.05) is 0 Å². The standard InChI is InChI=1S/C11H12N2OS/c1-13-9(2-5-12-13)10-11-8(3-6-14-10)4-7-15-11/h2,4-5,7,10H,3,6H2,1H3. The summed E-state index contributed by atoms with van der Waals surface area (Å²) in [6.07, 6.45) is 2.94. The number of thiophene rings is 1. The van der Waals surface area contributed by atoms with Crippen molar-refractivity contribution in [2.75, 3.05) is 6.61 Å². The molecule has 1 unspecified atom stereocenters. The molecule has 0 saturated carbocycles. The average Bonchev–Trinajstić information content (AvgIpc) is 2.85. The molecule has 0 saturated heterocycles. The molecule has 0 amide bonds. The van der Waals surface area contributed by atoms with Gasteiger partial charge in [0.25, 0.3) is 0 Å². The molecule has 0 bridgehead atoms. The Morgan fingerprint density at radius 1 is 1.53 bits per heavy atom. The highest BCUT2D eigenvalue weighted by molar-refractivity contribution is 7.10. The van der Waals surface area contributed by atoms with E-state index in [0.717, 1.165) is 18.7 Å². The van der Waals surface area contributed by atoms with Crippen LogP contribution in [0.1, 0.15) is 22.2 Å². The van der Waals surface area contributed by atoms with Gasteiger partial charge in [-0.15, -0.1) is 11.3 Å². The zero-order valence-corrected chi connectivity index (χ0v) is 9.33. The first-order chi connectivity index (χ1) is 7.36. The predicted molar refractivity (Wildman–Crippen MR) is 59.0 cm³/mol. The van der Waals surface area contributed by atoms with Crippen molar-refractivity contribution in [1.82, 2.24) is 9.78 Å². The molecule has 3 heterocycles. The Labute approximate surface area is 92.3 Å². The number of hydrogen-bond acceptors (Lipinski definition) is 3. The minimum Gasteiger partial charge on any atom is -0.366 e. The molecule has 3 nitrogen and oxygen atoms in total. The van der Waals surface area contributed by atoms with Gasteiger partial charge in [0.1, 0.15) is 6.10 Å². The van der Waals surface area contributed by atoms with E-state index in [0.29, 0.717) is 0 Å². The molecule has 15 heavy (non-hydrogen) atoms. The number of aryl methyl sites for hydroxylation is 1. The maximum Gasteiger partial charge on any atom is 0.133 e. The van der Waals surface area contributed by atoms with Crippen LogP contribution in [0, 0.1) is 0 Å². The van der Waals surface area contributed by atoms with Crippen molar-refractivity contribution in [2.24, 2.45) is 7.05 Å². The molecule has 1 aliphatic rings. The lowest BCUT2D eigenvalue weighted by molar-refractivity contribution is 0.0675. The van der Waals surface area contributed by atoms with Crippen molar-refractivity contribution in [3.05, 3.63) is 39.8 Å². The Bertz CT molecular complexity index is 474. The summed E-state index contributed by atoms with van der Waals surface area (Å²) < 4.78 is 7.73. The monoisotopic (exact) mass is 220 g/mol. The summed E-state index contributed by atoms with van der Waals surface area (Å²) in [5.41, 5.74) is 2.57. The summed E-state index contributed by atoms with van der Waals surface area (Å²) in [6.45, 7) is 0.805. The Morgan fingerprint density at radius 2 is 2.47 bits per heavy atom. The number of rotatable bonds is 1. The van der Waals surface area contributed by atoms with E-state index in [2.05, 4.69) is 16.5 Å². The van der Waals surface area contributed by atoms with Crippen LogP contribution < -0.4 is 0 Å². The maximum absolute atomic E-state index is 5.84. The van der Waals surface area contributed by atoms with E-state index in [9.17, 15) is 0 Å². The molecule has 2 aromatic heterocycles. The number of aromatic nitrogens is 2. The van der Waals surface area contributed by atoms with E-state index in [1.54, 1.807) is 11.3 Å². The molecular weight excluding hydrogens is 208 g/mol. The summed E-state index contributed by atoms with van der Waals surface area (Å²) in [7, 11) is 1.96. The van der Waals surface area contributed by atoms with Gasteiger partial charge in [0, 0.05) is 18.1 Å². The molecule has 1 aliphatic heterocycles. The lowest BCUT2D eigenvalue weighted by Crippen LogP contribution is -2.17. The molecule has 0 radical (unpaired) electrons. The van der Waals surface area contributed by atoms with Crippen molar-refractivity contribution in [3.8, 4) is 0 Å². The molecule has 0 spiro atoms. The number of ether oxygens (including phenoxy) is 1. The van der Waals surface area contributed by atoms with Gasteiger partial charge in [0.15, 0.2) is 0 Å². The van der Waals surface area contributed by atoms with Gasteiger partial charge in [-0.05, 0) is 29.5 Å². The fourth-order valence-electron chi connectivity index (χ4n) is 2.01. The van der Waals surface area contributed by atoms with E-state index in [-0.39, 0.29) is 6.10 Å². The van der Waals surface area contributed by atoms with Crippen molar-refractivity contribution in [3.63, 3.8) is 0 Å². The molecule has 2 aromatic rings. The molecule has 0 N–H and O–H groups in total. The van der Waals surface area contributed by atoms with E-state index < -0.39 is 0 Å². The molecule has 78 valence electrons. The fraction of sp³-hybridized carbons (Fsp3) is 0.364. The molecule has 0 fully saturated rings. The summed E-state index contributed by atoms with van der Waals surface area (Å²) in [4.78, 5) is 1.34. The van der Waals surface area contributed by atoms with Gasteiger partial charge in [0.05, 0.1) is 12.3 Å². The number of fused-ring (bicyclic) bond motifs is 1. The summed E-state index contributed by atoms with van der Waals surface area (Å²) >= 11 is 1.77.